The standard InChI is InChI=1S/C45H71N10O10PS/c1-32(46)49-23-15-13-21-37(42(59)63-28-35-17-9-7-10-18-35)53-66(62,54-38(22-14-16-24-50-33(2)47)43(60)64-29-36-19-11-8-12-20-36)31-55(44(61)65-45(4,5)6)27-40(56)52-39(41(57)58)30-67-26-25-51-34(3)48/h7-12,17-20,37-39H,13-16,21-31H2,1-6H3,(H2,46,49)(H2,47,50)(H2,48,51)(H,52,56)(H,57,58)(H2,53,54,62). The van der Waals surface area contributed by atoms with Crippen molar-refractivity contribution in [2.75, 3.05) is 44.0 Å². The Morgan fingerprint density at radius 1 is 0.716 bits per heavy atom. The lowest BCUT2D eigenvalue weighted by Crippen LogP contribution is -2.51. The Bertz CT molecular complexity index is 1900. The van der Waals surface area contributed by atoms with E-state index in [0.29, 0.717) is 79.7 Å². The number of ether oxygens (including phenoxy) is 3. The molecule has 0 saturated carbocycles. The van der Waals surface area contributed by atoms with E-state index in [1.54, 1.807) is 90.1 Å². The molecule has 372 valence electrons. The van der Waals surface area contributed by atoms with E-state index in [9.17, 15) is 29.1 Å². The van der Waals surface area contributed by atoms with Gasteiger partial charge in [0.25, 0.3) is 0 Å². The summed E-state index contributed by atoms with van der Waals surface area (Å²) in [4.78, 5) is 81.5. The highest BCUT2D eigenvalue weighted by Gasteiger charge is 2.39. The summed E-state index contributed by atoms with van der Waals surface area (Å²) in [7, 11) is -4.49. The van der Waals surface area contributed by atoms with E-state index in [1.807, 2.05) is 12.1 Å². The highest BCUT2D eigenvalue weighted by Crippen LogP contribution is 2.40. The van der Waals surface area contributed by atoms with E-state index in [1.165, 1.54) is 11.8 Å². The Labute approximate surface area is 398 Å². The summed E-state index contributed by atoms with van der Waals surface area (Å²) in [5, 5.41) is 18.3. The first kappa shape index (κ1) is 57.6. The van der Waals surface area contributed by atoms with Crippen LogP contribution in [0.15, 0.2) is 75.6 Å². The molecule has 0 heterocycles. The molecule has 0 aliphatic rings. The number of amidine groups is 3. The molecule has 3 unspecified atom stereocenters. The van der Waals surface area contributed by atoms with Gasteiger partial charge in [0.15, 0.2) is 0 Å². The van der Waals surface area contributed by atoms with Gasteiger partial charge in [0.2, 0.25) is 13.4 Å². The van der Waals surface area contributed by atoms with Gasteiger partial charge >= 0.3 is 24.0 Å². The molecule has 20 nitrogen and oxygen atoms in total. The zero-order chi connectivity index (χ0) is 49.8. The van der Waals surface area contributed by atoms with Crippen LogP contribution >= 0.6 is 19.2 Å². The number of carbonyl (C=O) groups is 5. The van der Waals surface area contributed by atoms with Crippen molar-refractivity contribution in [3.8, 4) is 0 Å². The van der Waals surface area contributed by atoms with Crippen molar-refractivity contribution >= 4 is 66.6 Å². The molecule has 67 heavy (non-hydrogen) atoms. The first-order valence-electron chi connectivity index (χ1n) is 22.1. The van der Waals surface area contributed by atoms with Gasteiger partial charge in [-0.25, -0.2) is 19.8 Å². The molecule has 0 spiro atoms. The number of amides is 2. The van der Waals surface area contributed by atoms with Crippen molar-refractivity contribution in [3.05, 3.63) is 71.8 Å². The number of esters is 2. The second kappa shape index (κ2) is 30.7. The number of nitrogens with one attached hydrogen (secondary N) is 3. The van der Waals surface area contributed by atoms with Gasteiger partial charge in [0.1, 0.15) is 49.8 Å². The van der Waals surface area contributed by atoms with Gasteiger partial charge < -0.3 is 41.8 Å². The molecular weight excluding hydrogens is 904 g/mol. The van der Waals surface area contributed by atoms with Crippen LogP contribution in [0.5, 0.6) is 0 Å². The van der Waals surface area contributed by atoms with Crippen LogP contribution in [0, 0.1) is 0 Å². The van der Waals surface area contributed by atoms with Crippen molar-refractivity contribution in [1.29, 1.82) is 0 Å². The molecule has 10 N–H and O–H groups in total. The summed E-state index contributed by atoms with van der Waals surface area (Å²) in [6, 6.07) is 13.9. The van der Waals surface area contributed by atoms with E-state index in [2.05, 4.69) is 30.5 Å². The fourth-order valence-corrected chi connectivity index (χ4v) is 9.26. The van der Waals surface area contributed by atoms with Gasteiger partial charge in [-0.2, -0.15) is 11.8 Å². The maximum Gasteiger partial charge on any atom is 0.411 e. The number of thioether (sulfide) groups is 1. The molecule has 0 aliphatic carbocycles. The number of hydrogen-bond acceptors (Lipinski definition) is 13. The number of aliphatic carboxylic acids is 1. The Morgan fingerprint density at radius 2 is 1.16 bits per heavy atom. The van der Waals surface area contributed by atoms with Gasteiger partial charge in [-0.15, -0.1) is 0 Å². The Kier molecular flexibility index (Phi) is 26.4. The van der Waals surface area contributed by atoms with Crippen molar-refractivity contribution in [2.45, 2.75) is 117 Å². The predicted molar refractivity (Wildman–Crippen MR) is 263 cm³/mol. The quantitative estimate of drug-likeness (QED) is 0.0136. The summed E-state index contributed by atoms with van der Waals surface area (Å²) in [5.41, 5.74) is 17.3. The average Bonchev–Trinajstić information content (AvgIpc) is 3.25. The third-order valence-corrected chi connectivity index (χ3v) is 12.4. The normalized spacial score (nSPS) is 14.5. The third-order valence-electron chi connectivity index (χ3n) is 9.14. The smallest absolute Gasteiger partial charge is 0.411 e. The number of aliphatic imine (C=N–C) groups is 3. The number of rotatable bonds is 31. The van der Waals surface area contributed by atoms with E-state index >= 15 is 4.57 Å². The molecule has 3 atom stereocenters. The largest absolute Gasteiger partial charge is 0.480 e. The van der Waals surface area contributed by atoms with Crippen molar-refractivity contribution in [3.63, 3.8) is 0 Å². The van der Waals surface area contributed by atoms with Crippen LogP contribution in [0.4, 0.5) is 4.79 Å². The van der Waals surface area contributed by atoms with E-state index in [-0.39, 0.29) is 31.8 Å². The lowest BCUT2D eigenvalue weighted by atomic mass is 10.1. The van der Waals surface area contributed by atoms with Gasteiger partial charge in [0.05, 0.1) is 17.5 Å². The molecular formula is C45H71N10O10PS. The number of carboxylic acids is 1. The maximum absolute atomic E-state index is 15.8. The Balaban J connectivity index is 2.66. The van der Waals surface area contributed by atoms with Crippen molar-refractivity contribution < 1.29 is 47.9 Å². The molecule has 2 rings (SSSR count). The number of nitrogens with zero attached hydrogens (tertiary/aromatic N) is 4. The van der Waals surface area contributed by atoms with Gasteiger partial charge in [-0.3, -0.25) is 38.8 Å². The van der Waals surface area contributed by atoms with E-state index in [0.717, 1.165) is 4.90 Å². The summed E-state index contributed by atoms with van der Waals surface area (Å²) in [5.74, 6) is -2.28. The third kappa shape index (κ3) is 26.4. The fraction of sp³-hybridized carbons (Fsp3) is 0.556. The molecule has 0 radical (unpaired) electrons. The van der Waals surface area contributed by atoms with Crippen molar-refractivity contribution in [1.82, 2.24) is 20.4 Å². The summed E-state index contributed by atoms with van der Waals surface area (Å²) < 4.78 is 32.9. The zero-order valence-corrected chi connectivity index (χ0v) is 41.3. The summed E-state index contributed by atoms with van der Waals surface area (Å²) in [6.45, 7) is 9.70. The molecule has 22 heteroatoms. The Morgan fingerprint density at radius 3 is 1.58 bits per heavy atom. The highest BCUT2D eigenvalue weighted by molar-refractivity contribution is 7.99. The van der Waals surface area contributed by atoms with Gasteiger partial charge in [-0.05, 0) is 91.2 Å². The zero-order valence-electron chi connectivity index (χ0n) is 39.6. The van der Waals surface area contributed by atoms with Crippen LogP contribution in [-0.2, 0) is 51.2 Å². The minimum Gasteiger partial charge on any atom is -0.480 e. The molecule has 0 aliphatic heterocycles. The number of carbonyl (C=O) groups excluding carboxylic acids is 4. The van der Waals surface area contributed by atoms with Crippen molar-refractivity contribution in [2.24, 2.45) is 32.2 Å². The van der Waals surface area contributed by atoms with Crippen LogP contribution in [0.1, 0.15) is 91.2 Å². The molecule has 2 aromatic rings. The van der Waals surface area contributed by atoms with Crippen LogP contribution in [0.3, 0.4) is 0 Å². The fourth-order valence-electron chi connectivity index (χ4n) is 6.00. The molecule has 0 bridgehead atoms. The molecule has 0 aromatic heterocycles. The predicted octanol–water partition coefficient (Wildman–Crippen LogP) is 4.55. The molecule has 0 saturated heterocycles. The molecule has 2 amide bonds. The minimum atomic E-state index is -4.49. The average molecular weight is 975 g/mol. The Hall–Kier alpha value is -5.50. The van der Waals surface area contributed by atoms with Crippen LogP contribution in [0.2, 0.25) is 0 Å². The minimum absolute atomic E-state index is 0.0415. The maximum atomic E-state index is 15.8. The number of hydrogen-bond donors (Lipinski definition) is 7. The lowest BCUT2D eigenvalue weighted by Gasteiger charge is -2.34. The second-order valence-electron chi connectivity index (χ2n) is 16.7. The first-order valence-corrected chi connectivity index (χ1v) is 25.1. The second-order valence-corrected chi connectivity index (χ2v) is 20.1. The first-order chi connectivity index (χ1) is 31.7. The van der Waals surface area contributed by atoms with Crippen LogP contribution in [0.25, 0.3) is 0 Å². The SMILES string of the molecule is CC(N)=NCCCCC(NP(=O)(CN(CC(=O)NC(CSCCN=C(C)N)C(=O)O)C(=O)OC(C)(C)C)NC(CCCCN=C(C)N)C(=O)OCc1ccccc1)C(=O)OCc1ccccc1. The topological polar surface area (TPSA) is 305 Å². The van der Waals surface area contributed by atoms with Gasteiger partial charge in [0, 0.05) is 31.1 Å². The van der Waals surface area contributed by atoms with Gasteiger partial charge in [-0.1, -0.05) is 60.7 Å². The number of nitrogens with two attached hydrogens (primary N) is 3. The number of benzene rings is 2. The summed E-state index contributed by atoms with van der Waals surface area (Å²) >= 11 is 1.22. The monoisotopic (exact) mass is 974 g/mol. The van der Waals surface area contributed by atoms with Crippen LogP contribution in [-0.4, -0.2) is 125 Å². The van der Waals surface area contributed by atoms with E-state index in [4.69, 9.17) is 31.4 Å². The summed E-state index contributed by atoms with van der Waals surface area (Å²) in [6.07, 6.45) is -0.0355. The number of unbranched alkanes of at least 4 members (excludes halogenated alkanes) is 2. The molecule has 0 fully saturated rings. The lowest BCUT2D eigenvalue weighted by molar-refractivity contribution is -0.147. The molecule has 2 aromatic carbocycles. The highest BCUT2D eigenvalue weighted by atomic mass is 32.2. The number of carboxylic acid groups (broad SMARTS) is 1. The van der Waals surface area contributed by atoms with Crippen LogP contribution < -0.4 is 32.7 Å². The van der Waals surface area contributed by atoms with E-state index < -0.39 is 73.9 Å².